The van der Waals surface area contributed by atoms with E-state index in [-0.39, 0.29) is 0 Å². The maximum Gasteiger partial charge on any atom is 0.156 e. The number of nitrogens with zero attached hydrogens (tertiary/aromatic N) is 4. The Labute approximate surface area is 130 Å². The van der Waals surface area contributed by atoms with Crippen molar-refractivity contribution in [1.82, 2.24) is 19.7 Å². The normalized spacial score (nSPS) is 11.1. The third-order valence-corrected chi connectivity index (χ3v) is 3.87. The summed E-state index contributed by atoms with van der Waals surface area (Å²) < 4.78 is 1.96. The highest BCUT2D eigenvalue weighted by molar-refractivity contribution is 5.87. The number of rotatable bonds is 4. The lowest BCUT2D eigenvalue weighted by molar-refractivity contribution is 0.675. The largest absolute Gasteiger partial charge is 0.364 e. The van der Waals surface area contributed by atoms with E-state index in [1.54, 1.807) is 0 Å². The molecule has 1 aromatic carbocycles. The molecule has 2 heterocycles. The van der Waals surface area contributed by atoms with Gasteiger partial charge in [-0.1, -0.05) is 24.3 Å². The maximum absolute atomic E-state index is 4.58. The van der Waals surface area contributed by atoms with E-state index in [2.05, 4.69) is 58.5 Å². The lowest BCUT2D eigenvalue weighted by Gasteiger charge is -2.11. The van der Waals surface area contributed by atoms with Gasteiger partial charge in [0, 0.05) is 13.1 Å². The van der Waals surface area contributed by atoms with Crippen molar-refractivity contribution in [1.29, 1.82) is 0 Å². The monoisotopic (exact) mass is 295 g/mol. The van der Waals surface area contributed by atoms with Crippen LogP contribution in [0.5, 0.6) is 0 Å². The third-order valence-electron chi connectivity index (χ3n) is 3.87. The lowest BCUT2D eigenvalue weighted by atomic mass is 10.1. The smallest absolute Gasteiger partial charge is 0.156 e. The van der Waals surface area contributed by atoms with Gasteiger partial charge in [0.15, 0.2) is 5.82 Å². The third kappa shape index (κ3) is 2.54. The van der Waals surface area contributed by atoms with Gasteiger partial charge in [0.05, 0.1) is 5.69 Å². The molecule has 2 aromatic heterocycles. The molecule has 0 aliphatic rings. The van der Waals surface area contributed by atoms with Gasteiger partial charge in [-0.15, -0.1) is 0 Å². The van der Waals surface area contributed by atoms with Crippen LogP contribution >= 0.6 is 0 Å². The fourth-order valence-electron chi connectivity index (χ4n) is 2.68. The fraction of sp³-hybridized carbons (Fsp3) is 0.353. The summed E-state index contributed by atoms with van der Waals surface area (Å²) in [5, 5.41) is 8.02. The van der Waals surface area contributed by atoms with E-state index in [1.807, 2.05) is 18.5 Å². The number of benzene rings is 1. The molecular weight excluding hydrogens is 274 g/mol. The zero-order chi connectivity index (χ0) is 15.7. The number of anilines is 1. The molecule has 5 nitrogen and oxygen atoms in total. The van der Waals surface area contributed by atoms with Gasteiger partial charge in [-0.3, -0.25) is 4.68 Å². The molecule has 0 fully saturated rings. The summed E-state index contributed by atoms with van der Waals surface area (Å²) >= 11 is 0. The van der Waals surface area contributed by atoms with E-state index >= 15 is 0 Å². The summed E-state index contributed by atoms with van der Waals surface area (Å²) in [7, 11) is 0. The Morgan fingerprint density at radius 2 is 1.86 bits per heavy atom. The van der Waals surface area contributed by atoms with Crippen LogP contribution in [0.2, 0.25) is 0 Å². The first-order valence-corrected chi connectivity index (χ1v) is 7.60. The molecule has 0 atom stereocenters. The van der Waals surface area contributed by atoms with Gasteiger partial charge in [-0.05, 0) is 38.8 Å². The molecule has 0 saturated heterocycles. The minimum Gasteiger partial charge on any atom is -0.364 e. The number of aryl methyl sites for hydroxylation is 4. The van der Waals surface area contributed by atoms with Crippen LogP contribution in [0.3, 0.4) is 0 Å². The Kier molecular flexibility index (Phi) is 3.79. The summed E-state index contributed by atoms with van der Waals surface area (Å²) in [4.78, 5) is 9.13. The average Bonchev–Trinajstić information content (AvgIpc) is 2.82. The van der Waals surface area contributed by atoms with E-state index in [0.29, 0.717) is 0 Å². The molecule has 114 valence electrons. The van der Waals surface area contributed by atoms with Crippen molar-refractivity contribution >= 4 is 16.9 Å². The van der Waals surface area contributed by atoms with Crippen LogP contribution in [0.15, 0.2) is 24.3 Å². The Balaban J connectivity index is 2.01. The molecule has 0 amide bonds. The van der Waals surface area contributed by atoms with Crippen LogP contribution in [0.4, 0.5) is 5.82 Å². The highest BCUT2D eigenvalue weighted by Crippen LogP contribution is 2.24. The van der Waals surface area contributed by atoms with Crippen molar-refractivity contribution in [3.63, 3.8) is 0 Å². The number of aromatic nitrogens is 4. The van der Waals surface area contributed by atoms with Gasteiger partial charge < -0.3 is 5.32 Å². The van der Waals surface area contributed by atoms with Crippen molar-refractivity contribution < 1.29 is 0 Å². The first-order valence-electron chi connectivity index (χ1n) is 7.60. The molecule has 0 spiro atoms. The highest BCUT2D eigenvalue weighted by Gasteiger charge is 2.14. The molecule has 0 bridgehead atoms. The first kappa shape index (κ1) is 14.5. The van der Waals surface area contributed by atoms with Crippen LogP contribution in [0.1, 0.15) is 29.6 Å². The number of hydrogen-bond donors (Lipinski definition) is 1. The Hall–Kier alpha value is -2.43. The van der Waals surface area contributed by atoms with Crippen LogP contribution in [0.25, 0.3) is 11.0 Å². The fourth-order valence-corrected chi connectivity index (χ4v) is 2.68. The highest BCUT2D eigenvalue weighted by atomic mass is 15.3. The Bertz CT molecular complexity index is 819. The number of hydrogen-bond acceptors (Lipinski definition) is 4. The van der Waals surface area contributed by atoms with Gasteiger partial charge in [0.25, 0.3) is 0 Å². The minimum absolute atomic E-state index is 0.742. The van der Waals surface area contributed by atoms with Gasteiger partial charge in [0.1, 0.15) is 16.9 Å². The maximum atomic E-state index is 4.58. The summed E-state index contributed by atoms with van der Waals surface area (Å²) in [5.41, 5.74) is 5.41. The summed E-state index contributed by atoms with van der Waals surface area (Å²) in [5.74, 6) is 1.62. The van der Waals surface area contributed by atoms with Gasteiger partial charge in [0.2, 0.25) is 0 Å². The molecule has 1 N–H and O–H groups in total. The number of fused-ring (bicyclic) bond motifs is 1. The molecule has 3 rings (SSSR count). The first-order chi connectivity index (χ1) is 10.6. The molecule has 0 aliphatic carbocycles. The van der Waals surface area contributed by atoms with Crippen LogP contribution in [-0.2, 0) is 13.1 Å². The quantitative estimate of drug-likeness (QED) is 0.801. The van der Waals surface area contributed by atoms with Crippen molar-refractivity contribution in [2.24, 2.45) is 0 Å². The van der Waals surface area contributed by atoms with Gasteiger partial charge in [-0.25, -0.2) is 9.97 Å². The van der Waals surface area contributed by atoms with E-state index in [4.69, 9.17) is 0 Å². The van der Waals surface area contributed by atoms with Crippen molar-refractivity contribution in [2.75, 3.05) is 5.32 Å². The lowest BCUT2D eigenvalue weighted by Crippen LogP contribution is -2.07. The standard InChI is InChI=1S/C17H21N5/c1-5-22-16-15(12(3)21-22)19-13(4)20-17(16)18-10-14-9-7-6-8-11(14)2/h6-9H,5,10H2,1-4H3,(H,18,19,20). The topological polar surface area (TPSA) is 55.6 Å². The molecule has 0 radical (unpaired) electrons. The zero-order valence-electron chi connectivity index (χ0n) is 13.5. The second-order valence-corrected chi connectivity index (χ2v) is 5.50. The van der Waals surface area contributed by atoms with Crippen molar-refractivity contribution in [3.8, 4) is 0 Å². The molecule has 22 heavy (non-hydrogen) atoms. The van der Waals surface area contributed by atoms with E-state index in [0.717, 1.165) is 41.5 Å². The van der Waals surface area contributed by atoms with Crippen LogP contribution < -0.4 is 5.32 Å². The molecule has 3 aromatic rings. The van der Waals surface area contributed by atoms with Crippen molar-refractivity contribution in [3.05, 3.63) is 46.9 Å². The SMILES string of the molecule is CCn1nc(C)c2nc(C)nc(NCc3ccccc3C)c21. The Morgan fingerprint density at radius 1 is 1.09 bits per heavy atom. The molecule has 0 saturated carbocycles. The predicted molar refractivity (Wildman–Crippen MR) is 89.0 cm³/mol. The van der Waals surface area contributed by atoms with Crippen LogP contribution in [-0.4, -0.2) is 19.7 Å². The van der Waals surface area contributed by atoms with Crippen molar-refractivity contribution in [2.45, 2.75) is 40.8 Å². The molecule has 0 aliphatic heterocycles. The van der Waals surface area contributed by atoms with E-state index in [9.17, 15) is 0 Å². The van der Waals surface area contributed by atoms with Gasteiger partial charge >= 0.3 is 0 Å². The molecular formula is C17H21N5. The molecule has 0 unspecified atom stereocenters. The van der Waals surface area contributed by atoms with Gasteiger partial charge in [-0.2, -0.15) is 5.10 Å². The van der Waals surface area contributed by atoms with E-state index in [1.165, 1.54) is 11.1 Å². The summed E-state index contributed by atoms with van der Waals surface area (Å²) in [6, 6.07) is 8.38. The minimum atomic E-state index is 0.742. The second kappa shape index (κ2) is 5.75. The summed E-state index contributed by atoms with van der Waals surface area (Å²) in [6.45, 7) is 9.66. The summed E-state index contributed by atoms with van der Waals surface area (Å²) in [6.07, 6.45) is 0. The zero-order valence-corrected chi connectivity index (χ0v) is 13.5. The molecule has 5 heteroatoms. The number of nitrogens with one attached hydrogen (secondary N) is 1. The second-order valence-electron chi connectivity index (χ2n) is 5.50. The Morgan fingerprint density at radius 3 is 2.59 bits per heavy atom. The van der Waals surface area contributed by atoms with Crippen LogP contribution in [0, 0.1) is 20.8 Å². The predicted octanol–water partition coefficient (Wildman–Crippen LogP) is 3.38. The van der Waals surface area contributed by atoms with E-state index < -0.39 is 0 Å². The average molecular weight is 295 g/mol.